The Morgan fingerprint density at radius 3 is 2.68 bits per heavy atom. The van der Waals surface area contributed by atoms with Crippen molar-refractivity contribution in [3.63, 3.8) is 0 Å². The summed E-state index contributed by atoms with van der Waals surface area (Å²) < 4.78 is 6.82. The number of hydrogen-bond donors (Lipinski definition) is 1. The fourth-order valence-corrected chi connectivity index (χ4v) is 3.52. The molecule has 1 saturated carbocycles. The molecule has 2 amide bonds. The summed E-state index contributed by atoms with van der Waals surface area (Å²) in [5.41, 5.74) is -0.0319. The topological polar surface area (TPSA) is 88.8 Å². The third kappa shape index (κ3) is 4.22. The number of ether oxygens (including phenoxy) is 1. The molecule has 8 nitrogen and oxygen atoms in total. The highest BCUT2D eigenvalue weighted by Crippen LogP contribution is 2.26. The summed E-state index contributed by atoms with van der Waals surface area (Å²) >= 11 is 6.17. The van der Waals surface area contributed by atoms with Crippen LogP contribution in [0.3, 0.4) is 0 Å². The zero-order chi connectivity index (χ0) is 20.6. The van der Waals surface area contributed by atoms with Gasteiger partial charge in [0.25, 0.3) is 5.91 Å². The summed E-state index contributed by atoms with van der Waals surface area (Å²) in [4.78, 5) is 30.8. The summed E-state index contributed by atoms with van der Waals surface area (Å²) in [5.74, 6) is 0.558. The quantitative estimate of drug-likeness (QED) is 0.784. The highest BCUT2D eigenvalue weighted by Gasteiger charge is 2.28. The van der Waals surface area contributed by atoms with Gasteiger partial charge in [-0.3, -0.25) is 9.69 Å². The molecule has 152 valence electrons. The van der Waals surface area contributed by atoms with E-state index in [0.717, 1.165) is 19.3 Å². The predicted octanol–water partition coefficient (Wildman–Crippen LogP) is 3.67. The van der Waals surface area contributed by atoms with E-state index in [0.29, 0.717) is 22.9 Å². The first-order valence-electron chi connectivity index (χ1n) is 9.38. The molecular weight excluding hydrogens is 382 g/mol. The van der Waals surface area contributed by atoms with Gasteiger partial charge in [0, 0.05) is 19.2 Å². The Kier molecular flexibility index (Phi) is 5.52. The summed E-state index contributed by atoms with van der Waals surface area (Å²) in [6, 6.07) is 1.65. The smallest absolute Gasteiger partial charge is 0.415 e. The molecule has 1 aliphatic rings. The average molecular weight is 408 g/mol. The molecule has 2 heterocycles. The van der Waals surface area contributed by atoms with E-state index in [-0.39, 0.29) is 17.1 Å². The monoisotopic (exact) mass is 407 g/mol. The van der Waals surface area contributed by atoms with Crippen molar-refractivity contribution >= 4 is 35.1 Å². The third-order valence-corrected chi connectivity index (χ3v) is 5.05. The van der Waals surface area contributed by atoms with Crippen LogP contribution < -0.4 is 10.2 Å². The molecule has 2 aromatic rings. The molecule has 0 aliphatic heterocycles. The minimum absolute atomic E-state index is 0.144. The maximum Gasteiger partial charge on any atom is 0.415 e. The van der Waals surface area contributed by atoms with Gasteiger partial charge in [-0.25, -0.2) is 9.78 Å². The van der Waals surface area contributed by atoms with E-state index >= 15 is 0 Å². The molecule has 0 saturated heterocycles. The first-order chi connectivity index (χ1) is 13.1. The number of amides is 2. The minimum Gasteiger partial charge on any atom is -0.443 e. The summed E-state index contributed by atoms with van der Waals surface area (Å²) in [7, 11) is 1.56. The number of carbonyl (C=O) groups excluding carboxylic acids is 2. The average Bonchev–Trinajstić information content (AvgIpc) is 3.18. The van der Waals surface area contributed by atoms with Gasteiger partial charge in [0.1, 0.15) is 22.1 Å². The van der Waals surface area contributed by atoms with Crippen molar-refractivity contribution in [3.05, 3.63) is 23.0 Å². The van der Waals surface area contributed by atoms with Crippen molar-refractivity contribution < 1.29 is 14.3 Å². The van der Waals surface area contributed by atoms with Crippen LogP contribution in [0.15, 0.2) is 12.3 Å². The van der Waals surface area contributed by atoms with E-state index in [1.807, 2.05) is 0 Å². The first-order valence-corrected chi connectivity index (χ1v) is 9.76. The van der Waals surface area contributed by atoms with Crippen molar-refractivity contribution in [2.45, 2.75) is 58.6 Å². The second kappa shape index (κ2) is 7.58. The van der Waals surface area contributed by atoms with Gasteiger partial charge in [0.05, 0.1) is 6.20 Å². The highest BCUT2D eigenvalue weighted by atomic mass is 35.5. The molecule has 0 spiro atoms. The van der Waals surface area contributed by atoms with Crippen LogP contribution in [0, 0.1) is 5.92 Å². The van der Waals surface area contributed by atoms with Crippen LogP contribution in [0.4, 0.5) is 10.6 Å². The van der Waals surface area contributed by atoms with E-state index in [2.05, 4.69) is 22.3 Å². The summed E-state index contributed by atoms with van der Waals surface area (Å²) in [6.07, 6.45) is 4.06. The zero-order valence-corrected chi connectivity index (χ0v) is 17.6. The molecule has 1 fully saturated rings. The maximum absolute atomic E-state index is 12.8. The summed E-state index contributed by atoms with van der Waals surface area (Å²) in [5, 5.41) is 7.48. The van der Waals surface area contributed by atoms with E-state index in [1.165, 1.54) is 21.7 Å². The van der Waals surface area contributed by atoms with Gasteiger partial charge >= 0.3 is 6.09 Å². The van der Waals surface area contributed by atoms with E-state index < -0.39 is 11.7 Å². The molecule has 2 atom stereocenters. The SMILES string of the molecule is C[C@@H]1CCC[C@@H]1NC(=O)c1cnn2c(N(C)C(=O)OC(C)(C)C)cc(Cl)nc12. The van der Waals surface area contributed by atoms with E-state index in [4.69, 9.17) is 16.3 Å². The standard InChI is InChI=1S/C19H26ClN5O3/c1-11-7-6-8-13(11)22-17(26)12-10-21-25-15(9-14(20)23-16(12)25)24(5)18(27)28-19(2,3)4/h9-11,13H,6-8H2,1-5H3,(H,22,26)/t11-,13+/m1/s1. The second-order valence-corrected chi connectivity index (χ2v) is 8.65. The lowest BCUT2D eigenvalue weighted by molar-refractivity contribution is 0.0587. The van der Waals surface area contributed by atoms with Crippen molar-refractivity contribution in [3.8, 4) is 0 Å². The molecule has 3 rings (SSSR count). The Hall–Kier alpha value is -2.35. The number of nitrogens with one attached hydrogen (secondary N) is 1. The molecule has 0 unspecified atom stereocenters. The van der Waals surface area contributed by atoms with Gasteiger partial charge in [0.15, 0.2) is 5.65 Å². The normalized spacial score (nSPS) is 19.6. The second-order valence-electron chi connectivity index (χ2n) is 8.26. The third-order valence-electron chi connectivity index (χ3n) is 4.86. The Balaban J connectivity index is 1.92. The lowest BCUT2D eigenvalue weighted by Gasteiger charge is -2.24. The predicted molar refractivity (Wildman–Crippen MR) is 107 cm³/mol. The molecule has 9 heteroatoms. The van der Waals surface area contributed by atoms with Crippen LogP contribution in [0.5, 0.6) is 0 Å². The molecule has 0 bridgehead atoms. The summed E-state index contributed by atoms with van der Waals surface area (Å²) in [6.45, 7) is 7.49. The number of anilines is 1. The molecule has 2 aromatic heterocycles. The van der Waals surface area contributed by atoms with Crippen LogP contribution in [0.2, 0.25) is 5.15 Å². The number of hydrogen-bond acceptors (Lipinski definition) is 5. The van der Waals surface area contributed by atoms with Crippen molar-refractivity contribution in [2.75, 3.05) is 11.9 Å². The number of rotatable bonds is 3. The van der Waals surface area contributed by atoms with E-state index in [1.54, 1.807) is 27.8 Å². The van der Waals surface area contributed by atoms with Gasteiger partial charge in [-0.1, -0.05) is 24.9 Å². The Labute approximate surface area is 169 Å². The van der Waals surface area contributed by atoms with E-state index in [9.17, 15) is 9.59 Å². The number of aromatic nitrogens is 3. The maximum atomic E-state index is 12.8. The van der Waals surface area contributed by atoms with Gasteiger partial charge in [0.2, 0.25) is 0 Å². The zero-order valence-electron chi connectivity index (χ0n) is 16.8. The molecule has 28 heavy (non-hydrogen) atoms. The van der Waals surface area contributed by atoms with Crippen LogP contribution >= 0.6 is 11.6 Å². The fourth-order valence-electron chi connectivity index (χ4n) is 3.35. The van der Waals surface area contributed by atoms with Crippen molar-refractivity contribution in [1.82, 2.24) is 19.9 Å². The van der Waals surface area contributed by atoms with Crippen molar-refractivity contribution in [2.24, 2.45) is 5.92 Å². The largest absolute Gasteiger partial charge is 0.443 e. The van der Waals surface area contributed by atoms with Crippen molar-refractivity contribution in [1.29, 1.82) is 0 Å². The van der Waals surface area contributed by atoms with Gasteiger partial charge in [-0.05, 0) is 39.5 Å². The van der Waals surface area contributed by atoms with Gasteiger partial charge in [-0.2, -0.15) is 9.61 Å². The van der Waals surface area contributed by atoms with Crippen LogP contribution in [0.25, 0.3) is 5.65 Å². The Morgan fingerprint density at radius 2 is 2.07 bits per heavy atom. The molecule has 0 aromatic carbocycles. The molecule has 0 radical (unpaired) electrons. The Morgan fingerprint density at radius 1 is 1.36 bits per heavy atom. The number of carbonyl (C=O) groups is 2. The van der Waals surface area contributed by atoms with Crippen LogP contribution in [0.1, 0.15) is 57.3 Å². The highest BCUT2D eigenvalue weighted by molar-refractivity contribution is 6.30. The van der Waals surface area contributed by atoms with Crippen LogP contribution in [-0.2, 0) is 4.74 Å². The lowest BCUT2D eigenvalue weighted by Crippen LogP contribution is -2.36. The molecule has 1 N–H and O–H groups in total. The first kappa shape index (κ1) is 20.4. The molecule has 1 aliphatic carbocycles. The fraction of sp³-hybridized carbons (Fsp3) is 0.579. The number of halogens is 1. The number of nitrogens with zero attached hydrogens (tertiary/aromatic N) is 4. The lowest BCUT2D eigenvalue weighted by atomic mass is 10.1. The molecular formula is C19H26ClN5O3. The van der Waals surface area contributed by atoms with Gasteiger partial charge < -0.3 is 10.1 Å². The number of fused-ring (bicyclic) bond motifs is 1. The minimum atomic E-state index is -0.644. The van der Waals surface area contributed by atoms with Crippen LogP contribution in [-0.4, -0.2) is 45.3 Å². The Bertz CT molecular complexity index is 905. The van der Waals surface area contributed by atoms with Gasteiger partial charge in [-0.15, -0.1) is 0 Å².